The molecule has 1 N–H and O–H groups in total. The lowest BCUT2D eigenvalue weighted by Gasteiger charge is -2.32. The van der Waals surface area contributed by atoms with Gasteiger partial charge in [-0.3, -0.25) is 13.9 Å². The van der Waals surface area contributed by atoms with Crippen molar-refractivity contribution in [1.82, 2.24) is 10.2 Å². The second kappa shape index (κ2) is 11.1. The van der Waals surface area contributed by atoms with Gasteiger partial charge in [0.2, 0.25) is 21.8 Å². The molecule has 1 atom stereocenters. The Balaban J connectivity index is 2.38. The predicted molar refractivity (Wildman–Crippen MR) is 128 cm³/mol. The number of nitrogens with one attached hydrogen (secondary N) is 1. The summed E-state index contributed by atoms with van der Waals surface area (Å²) in [4.78, 5) is 27.5. The normalized spacial score (nSPS) is 12.2. The van der Waals surface area contributed by atoms with Crippen molar-refractivity contribution in [3.63, 3.8) is 0 Å². The fraction of sp³-hybridized carbons (Fsp3) is 0.417. The van der Waals surface area contributed by atoms with E-state index in [9.17, 15) is 18.0 Å². The van der Waals surface area contributed by atoms with Gasteiger partial charge in [-0.25, -0.2) is 8.42 Å². The van der Waals surface area contributed by atoms with Crippen molar-refractivity contribution in [2.24, 2.45) is 0 Å². The molecule has 8 heteroatoms. The summed E-state index contributed by atoms with van der Waals surface area (Å²) < 4.78 is 26.3. The molecular weight excluding hydrogens is 426 g/mol. The largest absolute Gasteiger partial charge is 0.354 e. The van der Waals surface area contributed by atoms with E-state index in [1.165, 1.54) is 4.90 Å². The van der Waals surface area contributed by atoms with Gasteiger partial charge in [0.05, 0.1) is 11.9 Å². The standard InChI is InChI=1S/C24H33N3O4S/c1-6-14-25-24(29)20(4)26(16-21-10-8-7-9-11-21)23(28)17-27(32(5,30)31)22-13-12-18(2)15-19(22)3/h7-13,15,20H,6,14,16-17H2,1-5H3,(H,25,29)/t20-/m1/s1. The first-order chi connectivity index (χ1) is 15.0. The van der Waals surface area contributed by atoms with Gasteiger partial charge in [0, 0.05) is 13.1 Å². The van der Waals surface area contributed by atoms with E-state index in [-0.39, 0.29) is 19.0 Å². The molecule has 0 bridgehead atoms. The topological polar surface area (TPSA) is 86.8 Å². The molecule has 0 aliphatic rings. The highest BCUT2D eigenvalue weighted by Gasteiger charge is 2.30. The van der Waals surface area contributed by atoms with E-state index in [1.807, 2.05) is 63.2 Å². The molecule has 0 radical (unpaired) electrons. The lowest BCUT2D eigenvalue weighted by molar-refractivity contribution is -0.139. The SMILES string of the molecule is CCCNC(=O)[C@@H](C)N(Cc1ccccc1)C(=O)CN(c1ccc(C)cc1C)S(C)(=O)=O. The van der Waals surface area contributed by atoms with Crippen molar-refractivity contribution < 1.29 is 18.0 Å². The van der Waals surface area contributed by atoms with E-state index < -0.39 is 22.0 Å². The lowest BCUT2D eigenvalue weighted by Crippen LogP contribution is -2.51. The number of anilines is 1. The fourth-order valence-electron chi connectivity index (χ4n) is 3.44. The summed E-state index contributed by atoms with van der Waals surface area (Å²) in [6.07, 6.45) is 1.86. The summed E-state index contributed by atoms with van der Waals surface area (Å²) in [5.41, 5.74) is 3.06. The number of rotatable bonds is 10. The minimum atomic E-state index is -3.73. The molecular formula is C24H33N3O4S. The third kappa shape index (κ3) is 6.82. The average molecular weight is 460 g/mol. The van der Waals surface area contributed by atoms with E-state index in [2.05, 4.69) is 5.32 Å². The van der Waals surface area contributed by atoms with E-state index in [4.69, 9.17) is 0 Å². The van der Waals surface area contributed by atoms with Gasteiger partial charge in [0.15, 0.2) is 0 Å². The highest BCUT2D eigenvalue weighted by atomic mass is 32.2. The first-order valence-electron chi connectivity index (χ1n) is 10.7. The van der Waals surface area contributed by atoms with Gasteiger partial charge in [-0.1, -0.05) is 55.0 Å². The lowest BCUT2D eigenvalue weighted by atomic mass is 10.1. The van der Waals surface area contributed by atoms with Crippen LogP contribution in [0, 0.1) is 13.8 Å². The molecule has 0 aromatic heterocycles. The van der Waals surface area contributed by atoms with Crippen LogP contribution in [0.15, 0.2) is 48.5 Å². The van der Waals surface area contributed by atoms with Crippen LogP contribution in [0.5, 0.6) is 0 Å². The van der Waals surface area contributed by atoms with E-state index in [0.29, 0.717) is 12.2 Å². The van der Waals surface area contributed by atoms with Crippen LogP contribution in [-0.4, -0.2) is 50.5 Å². The molecule has 0 unspecified atom stereocenters. The Hall–Kier alpha value is -2.87. The van der Waals surface area contributed by atoms with Gasteiger partial charge in [-0.15, -0.1) is 0 Å². The number of benzene rings is 2. The fourth-order valence-corrected chi connectivity index (χ4v) is 4.35. The highest BCUT2D eigenvalue weighted by molar-refractivity contribution is 7.92. The van der Waals surface area contributed by atoms with E-state index >= 15 is 0 Å². The zero-order valence-electron chi connectivity index (χ0n) is 19.5. The number of hydrogen-bond donors (Lipinski definition) is 1. The number of sulfonamides is 1. The minimum Gasteiger partial charge on any atom is -0.354 e. The van der Waals surface area contributed by atoms with E-state index in [1.54, 1.807) is 13.0 Å². The molecule has 0 aliphatic heterocycles. The Kier molecular flexibility index (Phi) is 8.83. The van der Waals surface area contributed by atoms with Crippen LogP contribution in [-0.2, 0) is 26.2 Å². The van der Waals surface area contributed by atoms with Gasteiger partial charge >= 0.3 is 0 Å². The van der Waals surface area contributed by atoms with Crippen molar-refractivity contribution in [3.05, 3.63) is 65.2 Å². The van der Waals surface area contributed by atoms with Crippen molar-refractivity contribution in [3.8, 4) is 0 Å². The summed E-state index contributed by atoms with van der Waals surface area (Å²) in [6.45, 7) is 7.67. The second-order valence-corrected chi connectivity index (χ2v) is 9.94. The third-order valence-corrected chi connectivity index (χ3v) is 6.34. The smallest absolute Gasteiger partial charge is 0.244 e. The van der Waals surface area contributed by atoms with Gasteiger partial charge in [-0.05, 0) is 44.4 Å². The van der Waals surface area contributed by atoms with Crippen molar-refractivity contribution in [1.29, 1.82) is 0 Å². The maximum Gasteiger partial charge on any atom is 0.244 e. The molecule has 2 aromatic carbocycles. The molecule has 7 nitrogen and oxygen atoms in total. The first-order valence-corrected chi connectivity index (χ1v) is 12.6. The highest BCUT2D eigenvalue weighted by Crippen LogP contribution is 2.24. The molecule has 32 heavy (non-hydrogen) atoms. The average Bonchev–Trinajstić information content (AvgIpc) is 2.74. The van der Waals surface area contributed by atoms with Gasteiger partial charge < -0.3 is 10.2 Å². The molecule has 0 spiro atoms. The number of carbonyl (C=O) groups excluding carboxylic acids is 2. The van der Waals surface area contributed by atoms with Gasteiger partial charge in [0.25, 0.3) is 0 Å². The monoisotopic (exact) mass is 459 g/mol. The number of nitrogens with zero attached hydrogens (tertiary/aromatic N) is 2. The number of amides is 2. The Morgan fingerprint density at radius 1 is 1.06 bits per heavy atom. The molecule has 0 heterocycles. The Labute approximate surface area is 191 Å². The quantitative estimate of drug-likeness (QED) is 0.592. The Morgan fingerprint density at radius 2 is 1.72 bits per heavy atom. The molecule has 2 amide bonds. The molecule has 2 aromatic rings. The maximum atomic E-state index is 13.4. The number of carbonyl (C=O) groups is 2. The molecule has 174 valence electrons. The minimum absolute atomic E-state index is 0.199. The number of hydrogen-bond acceptors (Lipinski definition) is 4. The van der Waals surface area contributed by atoms with Gasteiger partial charge in [-0.2, -0.15) is 0 Å². The van der Waals surface area contributed by atoms with Crippen molar-refractivity contribution in [2.75, 3.05) is 23.7 Å². The summed E-state index contributed by atoms with van der Waals surface area (Å²) in [6, 6.07) is 14.0. The molecule has 0 saturated carbocycles. The maximum absolute atomic E-state index is 13.4. The summed E-state index contributed by atoms with van der Waals surface area (Å²) in [7, 11) is -3.73. The van der Waals surface area contributed by atoms with Crippen LogP contribution in [0.1, 0.15) is 37.0 Å². The summed E-state index contributed by atoms with van der Waals surface area (Å²) in [5, 5.41) is 2.82. The van der Waals surface area contributed by atoms with E-state index in [0.717, 1.165) is 33.7 Å². The third-order valence-electron chi connectivity index (χ3n) is 5.21. The van der Waals surface area contributed by atoms with Crippen LogP contribution in [0.3, 0.4) is 0 Å². The first kappa shape index (κ1) is 25.4. The molecule has 0 fully saturated rings. The molecule has 2 rings (SSSR count). The van der Waals surface area contributed by atoms with Crippen molar-refractivity contribution in [2.45, 2.75) is 46.7 Å². The van der Waals surface area contributed by atoms with Crippen molar-refractivity contribution >= 4 is 27.5 Å². The van der Waals surface area contributed by atoms with Crippen LogP contribution in [0.4, 0.5) is 5.69 Å². The Morgan fingerprint density at radius 3 is 2.28 bits per heavy atom. The van der Waals surface area contributed by atoms with Gasteiger partial charge in [0.1, 0.15) is 12.6 Å². The predicted octanol–water partition coefficient (Wildman–Crippen LogP) is 3.01. The molecule has 0 aliphatic carbocycles. The Bertz CT molecular complexity index is 1040. The van der Waals surface area contributed by atoms with Crippen LogP contribution >= 0.6 is 0 Å². The van der Waals surface area contributed by atoms with Crippen LogP contribution in [0.2, 0.25) is 0 Å². The second-order valence-electron chi connectivity index (χ2n) is 8.03. The van der Waals surface area contributed by atoms with Crippen LogP contribution in [0.25, 0.3) is 0 Å². The summed E-state index contributed by atoms with van der Waals surface area (Å²) in [5.74, 6) is -0.716. The zero-order valence-corrected chi connectivity index (χ0v) is 20.3. The summed E-state index contributed by atoms with van der Waals surface area (Å²) >= 11 is 0. The molecule has 0 saturated heterocycles. The number of aryl methyl sites for hydroxylation is 2. The zero-order chi connectivity index (χ0) is 23.9. The van der Waals surface area contributed by atoms with Crippen LogP contribution < -0.4 is 9.62 Å².